The van der Waals surface area contributed by atoms with E-state index in [0.717, 1.165) is 21.3 Å². The Labute approximate surface area is 98.4 Å². The molecule has 0 amide bonds. The van der Waals surface area contributed by atoms with Crippen LogP contribution in [0.1, 0.15) is 24.2 Å². The van der Waals surface area contributed by atoms with Crippen molar-refractivity contribution in [1.82, 2.24) is 0 Å². The lowest BCUT2D eigenvalue weighted by atomic mass is 9.99. The smallest absolute Gasteiger partial charge is 0.133 e. The summed E-state index contributed by atoms with van der Waals surface area (Å²) >= 11 is 3.43. The number of aliphatic hydroxyl groups is 1. The van der Waals surface area contributed by atoms with Gasteiger partial charge in [-0.15, -0.1) is 0 Å². The first-order valence-electron chi connectivity index (χ1n) is 4.75. The van der Waals surface area contributed by atoms with Crippen LogP contribution in [0, 0.1) is 6.92 Å². The van der Waals surface area contributed by atoms with Gasteiger partial charge >= 0.3 is 0 Å². The van der Waals surface area contributed by atoms with Gasteiger partial charge in [-0.3, -0.25) is 0 Å². The van der Waals surface area contributed by atoms with Crippen molar-refractivity contribution >= 4 is 15.9 Å². The van der Waals surface area contributed by atoms with E-state index in [1.807, 2.05) is 19.1 Å². The molecule has 84 valence electrons. The molecule has 2 unspecified atom stereocenters. The zero-order chi connectivity index (χ0) is 11.6. The molecule has 0 aliphatic rings. The maximum absolute atomic E-state index is 9.88. The van der Waals surface area contributed by atoms with E-state index in [-0.39, 0.29) is 6.04 Å². The molecule has 3 N–H and O–H groups in total. The van der Waals surface area contributed by atoms with E-state index >= 15 is 0 Å². The molecule has 1 aromatic rings. The number of halogens is 1. The average molecular weight is 274 g/mol. The average Bonchev–Trinajstić information content (AvgIpc) is 2.21. The Morgan fingerprint density at radius 1 is 1.47 bits per heavy atom. The first kappa shape index (κ1) is 12.5. The number of benzene rings is 1. The Bertz CT molecular complexity index is 353. The normalized spacial score (nSPS) is 14.8. The van der Waals surface area contributed by atoms with E-state index in [0.29, 0.717) is 0 Å². The summed E-state index contributed by atoms with van der Waals surface area (Å²) in [6.45, 7) is 3.70. The summed E-state index contributed by atoms with van der Waals surface area (Å²) in [5.41, 5.74) is 7.45. The number of methoxy groups -OCH3 is 1. The predicted molar refractivity (Wildman–Crippen MR) is 64.0 cm³/mol. The van der Waals surface area contributed by atoms with E-state index in [9.17, 15) is 5.11 Å². The Kier molecular flexibility index (Phi) is 4.13. The Morgan fingerprint density at radius 3 is 2.53 bits per heavy atom. The van der Waals surface area contributed by atoms with Gasteiger partial charge in [-0.25, -0.2) is 0 Å². The fraction of sp³-hybridized carbons (Fsp3) is 0.455. The summed E-state index contributed by atoms with van der Waals surface area (Å²) in [6, 6.07) is 3.37. The van der Waals surface area contributed by atoms with E-state index < -0.39 is 6.10 Å². The first-order chi connectivity index (χ1) is 6.99. The third-order valence-electron chi connectivity index (χ3n) is 2.43. The van der Waals surface area contributed by atoms with Crippen LogP contribution in [0.15, 0.2) is 16.6 Å². The minimum atomic E-state index is -0.646. The summed E-state index contributed by atoms with van der Waals surface area (Å²) in [4.78, 5) is 0. The molecule has 0 fully saturated rings. The van der Waals surface area contributed by atoms with Gasteiger partial charge in [-0.1, -0.05) is 6.07 Å². The molecule has 1 aromatic carbocycles. The number of ether oxygens (including phenoxy) is 1. The molecule has 0 saturated heterocycles. The lowest BCUT2D eigenvalue weighted by Gasteiger charge is -2.19. The van der Waals surface area contributed by atoms with Crippen molar-refractivity contribution in [2.45, 2.75) is 26.0 Å². The van der Waals surface area contributed by atoms with Gasteiger partial charge in [0.2, 0.25) is 0 Å². The molecule has 1 rings (SSSR count). The summed E-state index contributed by atoms with van der Waals surface area (Å²) in [5, 5.41) is 9.88. The molecule has 0 aliphatic carbocycles. The topological polar surface area (TPSA) is 55.5 Å². The zero-order valence-electron chi connectivity index (χ0n) is 9.12. The summed E-state index contributed by atoms with van der Waals surface area (Å²) in [6.07, 6.45) is -0.646. The van der Waals surface area contributed by atoms with Crippen LogP contribution < -0.4 is 10.5 Å². The van der Waals surface area contributed by atoms with E-state index in [1.165, 1.54) is 0 Å². The first-order valence-corrected chi connectivity index (χ1v) is 5.55. The van der Waals surface area contributed by atoms with Crippen molar-refractivity contribution < 1.29 is 9.84 Å². The van der Waals surface area contributed by atoms with Gasteiger partial charge in [0.05, 0.1) is 17.7 Å². The fourth-order valence-electron chi connectivity index (χ4n) is 1.44. The minimum Gasteiger partial charge on any atom is -0.496 e. The molecule has 0 heterocycles. The van der Waals surface area contributed by atoms with Gasteiger partial charge in [0.15, 0.2) is 0 Å². The second-order valence-corrected chi connectivity index (χ2v) is 4.39. The minimum absolute atomic E-state index is 0.288. The third kappa shape index (κ3) is 2.51. The number of aliphatic hydroxyl groups excluding tert-OH is 1. The highest BCUT2D eigenvalue weighted by molar-refractivity contribution is 9.10. The van der Waals surface area contributed by atoms with Crippen LogP contribution in [0.4, 0.5) is 0 Å². The summed E-state index contributed by atoms with van der Waals surface area (Å²) in [7, 11) is 1.61. The van der Waals surface area contributed by atoms with Gasteiger partial charge in [-0.05, 0) is 47.0 Å². The molecular formula is C11H16BrNO2. The van der Waals surface area contributed by atoms with Crippen molar-refractivity contribution in [2.75, 3.05) is 7.11 Å². The second kappa shape index (κ2) is 4.96. The van der Waals surface area contributed by atoms with Gasteiger partial charge in [-0.2, -0.15) is 0 Å². The van der Waals surface area contributed by atoms with Crippen LogP contribution in [0.3, 0.4) is 0 Å². The lowest BCUT2D eigenvalue weighted by molar-refractivity contribution is 0.152. The molecule has 0 bridgehead atoms. The largest absolute Gasteiger partial charge is 0.496 e. The molecule has 4 heteroatoms. The number of hydrogen-bond acceptors (Lipinski definition) is 3. The maximum Gasteiger partial charge on any atom is 0.133 e. The monoisotopic (exact) mass is 273 g/mol. The highest BCUT2D eigenvalue weighted by atomic mass is 79.9. The Hall–Kier alpha value is -0.580. The predicted octanol–water partition coefficient (Wildman–Crippen LogP) is 2.15. The van der Waals surface area contributed by atoms with Crippen LogP contribution in [-0.4, -0.2) is 18.3 Å². The molecule has 0 radical (unpaired) electrons. The highest BCUT2D eigenvalue weighted by Crippen LogP contribution is 2.33. The fourth-order valence-corrected chi connectivity index (χ4v) is 1.96. The summed E-state index contributed by atoms with van der Waals surface area (Å²) in [5.74, 6) is 0.758. The van der Waals surface area contributed by atoms with E-state index in [4.69, 9.17) is 10.5 Å². The molecule has 0 saturated carbocycles. The second-order valence-electron chi connectivity index (χ2n) is 3.60. The number of rotatable bonds is 3. The van der Waals surface area contributed by atoms with Gasteiger partial charge in [0.25, 0.3) is 0 Å². The zero-order valence-corrected chi connectivity index (χ0v) is 10.7. The van der Waals surface area contributed by atoms with Crippen molar-refractivity contribution in [1.29, 1.82) is 0 Å². The number of nitrogens with two attached hydrogens (primary N) is 1. The lowest BCUT2D eigenvalue weighted by Crippen LogP contribution is -2.25. The van der Waals surface area contributed by atoms with Crippen molar-refractivity contribution in [2.24, 2.45) is 5.73 Å². The van der Waals surface area contributed by atoms with Gasteiger partial charge in [0, 0.05) is 6.04 Å². The van der Waals surface area contributed by atoms with E-state index in [2.05, 4.69) is 15.9 Å². The number of hydrogen-bond donors (Lipinski definition) is 2. The Morgan fingerprint density at radius 2 is 2.07 bits per heavy atom. The van der Waals surface area contributed by atoms with Gasteiger partial charge in [0.1, 0.15) is 5.75 Å². The molecule has 0 spiro atoms. The SMILES string of the molecule is COc1ccc(C(O)C(C)N)c(C)c1Br. The van der Waals surface area contributed by atoms with Crippen LogP contribution in [0.25, 0.3) is 0 Å². The molecule has 15 heavy (non-hydrogen) atoms. The van der Waals surface area contributed by atoms with Crippen LogP contribution in [-0.2, 0) is 0 Å². The quantitative estimate of drug-likeness (QED) is 0.888. The van der Waals surface area contributed by atoms with Crippen molar-refractivity contribution in [3.05, 3.63) is 27.7 Å². The molecule has 0 aromatic heterocycles. The molecule has 3 nitrogen and oxygen atoms in total. The molecule has 2 atom stereocenters. The summed E-state index contributed by atoms with van der Waals surface area (Å²) < 4.78 is 6.02. The van der Waals surface area contributed by atoms with Crippen molar-refractivity contribution in [3.63, 3.8) is 0 Å². The van der Waals surface area contributed by atoms with Crippen LogP contribution in [0.5, 0.6) is 5.75 Å². The third-order valence-corrected chi connectivity index (χ3v) is 3.41. The maximum atomic E-state index is 9.88. The van der Waals surface area contributed by atoms with Crippen LogP contribution >= 0.6 is 15.9 Å². The molecular weight excluding hydrogens is 258 g/mol. The van der Waals surface area contributed by atoms with E-state index in [1.54, 1.807) is 14.0 Å². The highest BCUT2D eigenvalue weighted by Gasteiger charge is 2.17. The Balaban J connectivity index is 3.17. The molecule has 0 aliphatic heterocycles. The van der Waals surface area contributed by atoms with Crippen LogP contribution in [0.2, 0.25) is 0 Å². The standard InChI is InChI=1S/C11H16BrNO2/c1-6-8(11(14)7(2)13)4-5-9(15-3)10(6)12/h4-5,7,11,14H,13H2,1-3H3. The van der Waals surface area contributed by atoms with Crippen molar-refractivity contribution in [3.8, 4) is 5.75 Å². The van der Waals surface area contributed by atoms with Gasteiger partial charge < -0.3 is 15.6 Å².